The van der Waals surface area contributed by atoms with Crippen LogP contribution in [-0.4, -0.2) is 41.5 Å². The van der Waals surface area contributed by atoms with Crippen LogP contribution in [0.25, 0.3) is 0 Å². The van der Waals surface area contributed by atoms with E-state index < -0.39 is 17.5 Å². The molecule has 18 heavy (non-hydrogen) atoms. The van der Waals surface area contributed by atoms with Gasteiger partial charge < -0.3 is 15.7 Å². The molecule has 0 aliphatic heterocycles. The second-order valence-corrected chi connectivity index (χ2v) is 4.79. The van der Waals surface area contributed by atoms with Gasteiger partial charge in [0.25, 0.3) is 0 Å². The van der Waals surface area contributed by atoms with Gasteiger partial charge in [0.1, 0.15) is 0 Å². The summed E-state index contributed by atoms with van der Waals surface area (Å²) < 4.78 is 35.2. The molecule has 0 heterocycles. The molecular weight excluding hydrogens is 273 g/mol. The molecule has 9 heteroatoms. The lowest BCUT2D eigenvalue weighted by Gasteiger charge is -2.11. The maximum atomic E-state index is 11.7. The standard InChI is InChI=1S/C9H15F3N2O3S/c1-6(4-7(15)16)5-14-8(17)13-2-3-18-9(10,11)12/h6H,2-5H2,1H3,(H,15,16)(H2,13,14,17). The van der Waals surface area contributed by atoms with E-state index in [9.17, 15) is 22.8 Å². The quantitative estimate of drug-likeness (QED) is 0.622. The fourth-order valence-corrected chi connectivity index (χ4v) is 1.47. The molecule has 106 valence electrons. The van der Waals surface area contributed by atoms with Crippen molar-refractivity contribution in [3.8, 4) is 0 Å². The Kier molecular flexibility index (Phi) is 7.56. The highest BCUT2D eigenvalue weighted by atomic mass is 32.2. The lowest BCUT2D eigenvalue weighted by molar-refractivity contribution is -0.137. The summed E-state index contributed by atoms with van der Waals surface area (Å²) in [6, 6.07) is -0.602. The minimum Gasteiger partial charge on any atom is -0.481 e. The largest absolute Gasteiger partial charge is 0.481 e. The molecule has 0 radical (unpaired) electrons. The van der Waals surface area contributed by atoms with Crippen LogP contribution in [0.2, 0.25) is 0 Å². The molecule has 0 saturated heterocycles. The van der Waals surface area contributed by atoms with E-state index in [0.717, 1.165) is 0 Å². The smallest absolute Gasteiger partial charge is 0.441 e. The highest BCUT2D eigenvalue weighted by Gasteiger charge is 2.27. The minimum atomic E-state index is -4.30. The van der Waals surface area contributed by atoms with Crippen LogP contribution in [0.15, 0.2) is 0 Å². The predicted octanol–water partition coefficient (Wildman–Crippen LogP) is 1.65. The molecule has 2 amide bonds. The summed E-state index contributed by atoms with van der Waals surface area (Å²) in [4.78, 5) is 21.4. The van der Waals surface area contributed by atoms with Crippen molar-refractivity contribution in [2.75, 3.05) is 18.8 Å². The Bertz CT molecular complexity index is 287. The second-order valence-electron chi connectivity index (χ2n) is 3.63. The predicted molar refractivity (Wildman–Crippen MR) is 61.3 cm³/mol. The topological polar surface area (TPSA) is 78.4 Å². The van der Waals surface area contributed by atoms with Crippen molar-refractivity contribution in [2.45, 2.75) is 18.9 Å². The molecule has 0 aliphatic rings. The van der Waals surface area contributed by atoms with Crippen LogP contribution in [0.1, 0.15) is 13.3 Å². The normalized spacial score (nSPS) is 12.9. The van der Waals surface area contributed by atoms with Gasteiger partial charge >= 0.3 is 17.5 Å². The maximum Gasteiger partial charge on any atom is 0.441 e. The lowest BCUT2D eigenvalue weighted by Crippen LogP contribution is -2.39. The zero-order valence-corrected chi connectivity index (χ0v) is 10.5. The Morgan fingerprint density at radius 3 is 2.44 bits per heavy atom. The summed E-state index contributed by atoms with van der Waals surface area (Å²) in [5, 5.41) is 13.1. The van der Waals surface area contributed by atoms with Crippen LogP contribution in [0, 0.1) is 5.92 Å². The van der Waals surface area contributed by atoms with Crippen LogP contribution in [-0.2, 0) is 4.79 Å². The van der Waals surface area contributed by atoms with Crippen molar-refractivity contribution in [3.63, 3.8) is 0 Å². The van der Waals surface area contributed by atoms with E-state index in [0.29, 0.717) is 0 Å². The third-order valence-corrected chi connectivity index (χ3v) is 2.52. The number of carboxylic acids is 1. The van der Waals surface area contributed by atoms with Crippen LogP contribution in [0.4, 0.5) is 18.0 Å². The van der Waals surface area contributed by atoms with Crippen LogP contribution in [0.5, 0.6) is 0 Å². The van der Waals surface area contributed by atoms with Gasteiger partial charge in [-0.1, -0.05) is 6.92 Å². The minimum absolute atomic E-state index is 0.0792. The van der Waals surface area contributed by atoms with Crippen LogP contribution < -0.4 is 10.6 Å². The van der Waals surface area contributed by atoms with Gasteiger partial charge in [0.15, 0.2) is 0 Å². The summed E-state index contributed by atoms with van der Waals surface area (Å²) >= 11 is -0.212. The number of thioether (sulfide) groups is 1. The van der Waals surface area contributed by atoms with Crippen molar-refractivity contribution in [1.82, 2.24) is 10.6 Å². The fraction of sp³-hybridized carbons (Fsp3) is 0.778. The van der Waals surface area contributed by atoms with Gasteiger partial charge in [0, 0.05) is 25.3 Å². The van der Waals surface area contributed by atoms with E-state index in [1.165, 1.54) is 0 Å². The van der Waals surface area contributed by atoms with E-state index in [1.807, 2.05) is 0 Å². The zero-order valence-electron chi connectivity index (χ0n) is 9.71. The van der Waals surface area contributed by atoms with Crippen molar-refractivity contribution >= 4 is 23.8 Å². The number of aliphatic carboxylic acids is 1. The Morgan fingerprint density at radius 1 is 1.33 bits per heavy atom. The van der Waals surface area contributed by atoms with Crippen molar-refractivity contribution in [3.05, 3.63) is 0 Å². The van der Waals surface area contributed by atoms with Crippen LogP contribution in [0.3, 0.4) is 0 Å². The van der Waals surface area contributed by atoms with Gasteiger partial charge in [0.2, 0.25) is 0 Å². The number of hydrogen-bond acceptors (Lipinski definition) is 3. The Hall–Kier alpha value is -1.12. The van der Waals surface area contributed by atoms with E-state index in [4.69, 9.17) is 5.11 Å². The van der Waals surface area contributed by atoms with Crippen LogP contribution >= 0.6 is 11.8 Å². The molecule has 5 nitrogen and oxygen atoms in total. The highest BCUT2D eigenvalue weighted by molar-refractivity contribution is 8.00. The molecular formula is C9H15F3N2O3S. The van der Waals surface area contributed by atoms with E-state index in [1.54, 1.807) is 6.92 Å². The summed E-state index contributed by atoms with van der Waals surface area (Å²) in [6.07, 6.45) is -0.0792. The fourth-order valence-electron chi connectivity index (χ4n) is 1.03. The van der Waals surface area contributed by atoms with Crippen molar-refractivity contribution < 1.29 is 27.9 Å². The second kappa shape index (κ2) is 8.06. The van der Waals surface area contributed by atoms with Crippen molar-refractivity contribution in [2.24, 2.45) is 5.92 Å². The third kappa shape index (κ3) is 11.4. The van der Waals surface area contributed by atoms with Gasteiger partial charge in [-0.25, -0.2) is 4.79 Å². The number of hydrogen-bond donors (Lipinski definition) is 3. The molecule has 0 spiro atoms. The number of carboxylic acid groups (broad SMARTS) is 1. The Balaban J connectivity index is 3.57. The number of alkyl halides is 3. The van der Waals surface area contributed by atoms with Gasteiger partial charge in [-0.2, -0.15) is 13.2 Å². The van der Waals surface area contributed by atoms with E-state index in [-0.39, 0.29) is 42.9 Å². The summed E-state index contributed by atoms with van der Waals surface area (Å²) in [7, 11) is 0. The molecule has 1 unspecified atom stereocenters. The molecule has 0 aliphatic carbocycles. The molecule has 1 atom stereocenters. The number of carbonyl (C=O) groups excluding carboxylic acids is 1. The molecule has 3 N–H and O–H groups in total. The molecule has 0 saturated carbocycles. The number of urea groups is 1. The zero-order chi connectivity index (χ0) is 14.2. The first-order valence-corrected chi connectivity index (χ1v) is 6.13. The SMILES string of the molecule is CC(CNC(=O)NCCSC(F)(F)F)CC(=O)O. The number of nitrogens with one attached hydrogen (secondary N) is 2. The molecule has 0 fully saturated rings. The molecule has 0 aromatic heterocycles. The summed E-state index contributed by atoms with van der Waals surface area (Å²) in [6.45, 7) is 1.70. The average Bonchev–Trinajstić information content (AvgIpc) is 2.19. The summed E-state index contributed by atoms with van der Waals surface area (Å²) in [5.74, 6) is -1.47. The monoisotopic (exact) mass is 288 g/mol. The molecule has 0 rings (SSSR count). The summed E-state index contributed by atoms with van der Waals surface area (Å²) in [5.41, 5.74) is -4.30. The van der Waals surface area contributed by atoms with Gasteiger partial charge in [-0.05, 0) is 17.7 Å². The third-order valence-electron chi connectivity index (χ3n) is 1.79. The first kappa shape index (κ1) is 16.9. The number of carbonyl (C=O) groups is 2. The van der Waals surface area contributed by atoms with Gasteiger partial charge in [-0.3, -0.25) is 4.79 Å². The number of rotatable bonds is 7. The highest BCUT2D eigenvalue weighted by Crippen LogP contribution is 2.29. The van der Waals surface area contributed by atoms with Gasteiger partial charge in [-0.15, -0.1) is 0 Å². The van der Waals surface area contributed by atoms with E-state index in [2.05, 4.69) is 10.6 Å². The molecule has 0 bridgehead atoms. The first-order valence-electron chi connectivity index (χ1n) is 5.15. The average molecular weight is 288 g/mol. The lowest BCUT2D eigenvalue weighted by atomic mass is 10.1. The van der Waals surface area contributed by atoms with Gasteiger partial charge in [0.05, 0.1) is 0 Å². The number of amides is 2. The van der Waals surface area contributed by atoms with E-state index >= 15 is 0 Å². The Morgan fingerprint density at radius 2 is 1.94 bits per heavy atom. The Labute approximate surface area is 106 Å². The number of halogens is 3. The van der Waals surface area contributed by atoms with Crippen molar-refractivity contribution in [1.29, 1.82) is 0 Å². The first-order chi connectivity index (χ1) is 8.20. The molecule has 0 aromatic carbocycles. The maximum absolute atomic E-state index is 11.7. The molecule has 0 aromatic rings.